The number of guanidine groups is 1. The lowest BCUT2D eigenvalue weighted by molar-refractivity contribution is 0.372. The van der Waals surface area contributed by atoms with Crippen LogP contribution < -0.4 is 10.6 Å². The van der Waals surface area contributed by atoms with Crippen LogP contribution in [0.2, 0.25) is 0 Å². The molecule has 0 atom stereocenters. The van der Waals surface area contributed by atoms with Gasteiger partial charge in [-0.05, 0) is 31.0 Å². The molecule has 0 aliphatic rings. The van der Waals surface area contributed by atoms with Crippen LogP contribution in [0.3, 0.4) is 0 Å². The van der Waals surface area contributed by atoms with Crippen molar-refractivity contribution in [3.05, 3.63) is 47.4 Å². The molecule has 0 amide bonds. The summed E-state index contributed by atoms with van der Waals surface area (Å²) in [6.45, 7) is 3.12. The molecule has 0 aliphatic heterocycles. The fourth-order valence-corrected chi connectivity index (χ4v) is 1.90. The van der Waals surface area contributed by atoms with Crippen molar-refractivity contribution in [1.29, 1.82) is 0 Å². The Labute approximate surface area is 152 Å². The van der Waals surface area contributed by atoms with Gasteiger partial charge in [-0.2, -0.15) is 4.98 Å². The molecule has 1 heterocycles. The third kappa shape index (κ3) is 6.93. The van der Waals surface area contributed by atoms with Crippen LogP contribution in [0, 0.1) is 12.7 Å². The van der Waals surface area contributed by atoms with Crippen molar-refractivity contribution in [3.8, 4) is 0 Å². The number of nitrogens with one attached hydrogen (secondary N) is 2. The van der Waals surface area contributed by atoms with E-state index in [1.807, 2.05) is 0 Å². The molecule has 0 fully saturated rings. The number of aryl methyl sites for hydroxylation is 2. The van der Waals surface area contributed by atoms with E-state index in [0.29, 0.717) is 24.2 Å². The Bertz CT molecular complexity index is 615. The second-order valence-electron chi connectivity index (χ2n) is 4.82. The Hall–Kier alpha value is -1.71. The highest BCUT2D eigenvalue weighted by molar-refractivity contribution is 14.0. The number of aliphatic imine (C=N–C) groups is 1. The fourth-order valence-electron chi connectivity index (χ4n) is 1.90. The zero-order valence-electron chi connectivity index (χ0n) is 13.2. The summed E-state index contributed by atoms with van der Waals surface area (Å²) in [5.74, 6) is 1.77. The molecule has 0 saturated carbocycles. The monoisotopic (exact) mass is 433 g/mol. The molecular weight excluding hydrogens is 412 g/mol. The zero-order chi connectivity index (χ0) is 15.8. The minimum absolute atomic E-state index is 0. The first-order chi connectivity index (χ1) is 10.7. The molecule has 0 bridgehead atoms. The van der Waals surface area contributed by atoms with E-state index in [2.05, 4.69) is 25.8 Å². The largest absolute Gasteiger partial charge is 0.356 e. The van der Waals surface area contributed by atoms with Crippen LogP contribution in [0.4, 0.5) is 4.39 Å². The van der Waals surface area contributed by atoms with E-state index in [-0.39, 0.29) is 29.8 Å². The van der Waals surface area contributed by atoms with Gasteiger partial charge < -0.3 is 15.2 Å². The molecule has 2 aromatic rings. The molecule has 0 saturated heterocycles. The molecule has 0 aliphatic carbocycles. The van der Waals surface area contributed by atoms with E-state index < -0.39 is 0 Å². The maximum absolute atomic E-state index is 12.8. The van der Waals surface area contributed by atoms with Gasteiger partial charge in [0.05, 0.1) is 0 Å². The van der Waals surface area contributed by atoms with Gasteiger partial charge in [-0.25, -0.2) is 4.39 Å². The van der Waals surface area contributed by atoms with Crippen molar-refractivity contribution in [1.82, 2.24) is 20.8 Å². The first-order valence-electron chi connectivity index (χ1n) is 7.15. The van der Waals surface area contributed by atoms with Crippen LogP contribution in [0.1, 0.15) is 23.7 Å². The summed E-state index contributed by atoms with van der Waals surface area (Å²) in [5.41, 5.74) is 0.991. The lowest BCUT2D eigenvalue weighted by Crippen LogP contribution is -2.37. The van der Waals surface area contributed by atoms with E-state index >= 15 is 0 Å². The Balaban J connectivity index is 0.00000264. The van der Waals surface area contributed by atoms with Gasteiger partial charge in [0.1, 0.15) is 5.82 Å². The number of benzene rings is 1. The molecule has 2 rings (SSSR count). The van der Waals surface area contributed by atoms with Crippen molar-refractivity contribution in [2.24, 2.45) is 4.99 Å². The normalized spacial score (nSPS) is 11.0. The van der Waals surface area contributed by atoms with E-state index in [9.17, 15) is 4.39 Å². The Morgan fingerprint density at radius 3 is 2.61 bits per heavy atom. The number of hydrogen-bond donors (Lipinski definition) is 2. The highest BCUT2D eigenvalue weighted by Crippen LogP contribution is 2.02. The van der Waals surface area contributed by atoms with Crippen molar-refractivity contribution in [2.45, 2.75) is 26.3 Å². The van der Waals surface area contributed by atoms with Gasteiger partial charge in [-0.3, -0.25) is 4.99 Å². The molecule has 8 heteroatoms. The molecule has 0 unspecified atom stereocenters. The van der Waals surface area contributed by atoms with Crippen molar-refractivity contribution < 1.29 is 8.91 Å². The number of nitrogens with zero attached hydrogens (tertiary/aromatic N) is 3. The zero-order valence-corrected chi connectivity index (χ0v) is 15.5. The average Bonchev–Trinajstić information content (AvgIpc) is 2.94. The molecule has 0 radical (unpaired) electrons. The molecule has 0 spiro atoms. The van der Waals surface area contributed by atoms with Gasteiger partial charge in [0.15, 0.2) is 11.8 Å². The summed E-state index contributed by atoms with van der Waals surface area (Å²) in [6.07, 6.45) is 1.58. The Kier molecular flexibility index (Phi) is 8.52. The van der Waals surface area contributed by atoms with Crippen molar-refractivity contribution in [2.75, 3.05) is 13.6 Å². The third-order valence-electron chi connectivity index (χ3n) is 3.03. The van der Waals surface area contributed by atoms with Gasteiger partial charge in [0.25, 0.3) is 0 Å². The molecule has 2 N–H and O–H groups in total. The Morgan fingerprint density at radius 1 is 1.26 bits per heavy atom. The quantitative estimate of drug-likeness (QED) is 0.317. The standard InChI is InChI=1S/C15H20FN5O.HI/c1-11-20-14(22-21-11)4-3-9-18-15(17-2)19-10-12-5-7-13(16)8-6-12;/h5-8H,3-4,9-10H2,1-2H3,(H2,17,18,19);1H. The summed E-state index contributed by atoms with van der Waals surface area (Å²) in [7, 11) is 1.71. The van der Waals surface area contributed by atoms with E-state index in [4.69, 9.17) is 4.52 Å². The van der Waals surface area contributed by atoms with E-state index in [1.54, 1.807) is 26.1 Å². The SMILES string of the molecule is CN=C(NCCCc1nc(C)no1)NCc1ccc(F)cc1.I. The van der Waals surface area contributed by atoms with E-state index in [1.165, 1.54) is 12.1 Å². The van der Waals surface area contributed by atoms with Gasteiger partial charge in [0.2, 0.25) is 5.89 Å². The van der Waals surface area contributed by atoms with Crippen LogP contribution >= 0.6 is 24.0 Å². The maximum atomic E-state index is 12.8. The van der Waals surface area contributed by atoms with Crippen molar-refractivity contribution in [3.63, 3.8) is 0 Å². The summed E-state index contributed by atoms with van der Waals surface area (Å²) in [5, 5.41) is 10.1. The maximum Gasteiger partial charge on any atom is 0.226 e. The Morgan fingerprint density at radius 2 is 2.00 bits per heavy atom. The topological polar surface area (TPSA) is 75.3 Å². The summed E-state index contributed by atoms with van der Waals surface area (Å²) in [4.78, 5) is 8.29. The molecule has 126 valence electrons. The number of hydrogen-bond acceptors (Lipinski definition) is 4. The highest BCUT2D eigenvalue weighted by Gasteiger charge is 2.03. The summed E-state index contributed by atoms with van der Waals surface area (Å²) in [6, 6.07) is 6.38. The average molecular weight is 433 g/mol. The van der Waals surface area contributed by atoms with Gasteiger partial charge in [0, 0.05) is 26.6 Å². The number of rotatable bonds is 6. The predicted octanol–water partition coefficient (Wildman–Crippen LogP) is 2.43. The second kappa shape index (κ2) is 10.1. The highest BCUT2D eigenvalue weighted by atomic mass is 127. The lowest BCUT2D eigenvalue weighted by atomic mass is 10.2. The van der Waals surface area contributed by atoms with Crippen molar-refractivity contribution >= 4 is 29.9 Å². The first-order valence-corrected chi connectivity index (χ1v) is 7.15. The molecule has 6 nitrogen and oxygen atoms in total. The summed E-state index contributed by atoms with van der Waals surface area (Å²) >= 11 is 0. The van der Waals surface area contributed by atoms with E-state index in [0.717, 1.165) is 24.9 Å². The van der Waals surface area contributed by atoms with Gasteiger partial charge in [-0.1, -0.05) is 17.3 Å². The first kappa shape index (κ1) is 19.3. The van der Waals surface area contributed by atoms with Crippen LogP contribution in [0.25, 0.3) is 0 Å². The fraction of sp³-hybridized carbons (Fsp3) is 0.400. The molecule has 1 aromatic heterocycles. The van der Waals surface area contributed by atoms with Crippen LogP contribution in [0.15, 0.2) is 33.8 Å². The van der Waals surface area contributed by atoms with Crippen LogP contribution in [-0.4, -0.2) is 29.7 Å². The van der Waals surface area contributed by atoms with Crippen LogP contribution in [0.5, 0.6) is 0 Å². The second-order valence-corrected chi connectivity index (χ2v) is 4.82. The summed E-state index contributed by atoms with van der Waals surface area (Å²) < 4.78 is 17.9. The molecule has 1 aromatic carbocycles. The molecule has 23 heavy (non-hydrogen) atoms. The van der Waals surface area contributed by atoms with Gasteiger partial charge >= 0.3 is 0 Å². The third-order valence-corrected chi connectivity index (χ3v) is 3.03. The lowest BCUT2D eigenvalue weighted by Gasteiger charge is -2.11. The number of aromatic nitrogens is 2. The minimum Gasteiger partial charge on any atom is -0.356 e. The minimum atomic E-state index is -0.234. The molecular formula is C15H21FIN5O. The smallest absolute Gasteiger partial charge is 0.226 e. The number of halogens is 2. The predicted molar refractivity (Wildman–Crippen MR) is 97.4 cm³/mol. The van der Waals surface area contributed by atoms with Crippen LogP contribution in [-0.2, 0) is 13.0 Å². The van der Waals surface area contributed by atoms with Gasteiger partial charge in [-0.15, -0.1) is 24.0 Å².